The molecule has 0 unspecified atom stereocenters. The minimum atomic E-state index is -0.296. The molecule has 1 atom stereocenters. The molecule has 3 nitrogen and oxygen atoms in total. The molecule has 0 bridgehead atoms. The van der Waals surface area contributed by atoms with Crippen LogP contribution >= 0.6 is 11.6 Å². The summed E-state index contributed by atoms with van der Waals surface area (Å²) in [4.78, 5) is 0. The normalized spacial score (nSPS) is 12.5. The molecule has 1 aromatic carbocycles. The number of ether oxygens (including phenoxy) is 1. The summed E-state index contributed by atoms with van der Waals surface area (Å²) in [7, 11) is 0. The molecule has 1 aromatic rings. The predicted molar refractivity (Wildman–Crippen MR) is 70.9 cm³/mol. The van der Waals surface area contributed by atoms with E-state index >= 15 is 0 Å². The summed E-state index contributed by atoms with van der Waals surface area (Å²) >= 11 is 5.92. The number of aliphatic hydroxyl groups is 1. The lowest BCUT2D eigenvalue weighted by Gasteiger charge is -2.09. The van der Waals surface area contributed by atoms with E-state index < -0.39 is 0 Å². The third-order valence-electron chi connectivity index (χ3n) is 2.34. The lowest BCUT2D eigenvalue weighted by Crippen LogP contribution is -2.26. The Kier molecular flexibility index (Phi) is 6.34. The molecule has 0 radical (unpaired) electrons. The molecule has 0 saturated heterocycles. The van der Waals surface area contributed by atoms with Gasteiger partial charge < -0.3 is 15.2 Å². The van der Waals surface area contributed by atoms with Crippen molar-refractivity contribution >= 4 is 11.6 Å². The molecule has 1 rings (SSSR count). The van der Waals surface area contributed by atoms with Crippen LogP contribution in [0, 0.1) is 6.92 Å². The molecule has 0 amide bonds. The van der Waals surface area contributed by atoms with Crippen LogP contribution in [0.4, 0.5) is 0 Å². The first kappa shape index (κ1) is 14.3. The summed E-state index contributed by atoms with van der Waals surface area (Å²) in [5, 5.41) is 12.9. The van der Waals surface area contributed by atoms with Gasteiger partial charge in [-0.05, 0) is 50.6 Å². The molecule has 4 heteroatoms. The zero-order valence-electron chi connectivity index (χ0n) is 10.4. The number of rotatable bonds is 7. The van der Waals surface area contributed by atoms with E-state index in [9.17, 15) is 0 Å². The summed E-state index contributed by atoms with van der Waals surface area (Å²) < 4.78 is 5.59. The Labute approximate surface area is 108 Å². The highest BCUT2D eigenvalue weighted by Crippen LogP contribution is 2.20. The third-order valence-corrected chi connectivity index (χ3v) is 2.76. The zero-order valence-corrected chi connectivity index (χ0v) is 11.1. The van der Waals surface area contributed by atoms with E-state index in [1.54, 1.807) is 6.92 Å². The van der Waals surface area contributed by atoms with Crippen LogP contribution in [0.25, 0.3) is 0 Å². The van der Waals surface area contributed by atoms with E-state index in [0.29, 0.717) is 13.2 Å². The molecule has 17 heavy (non-hydrogen) atoms. The van der Waals surface area contributed by atoms with Gasteiger partial charge in [0.05, 0.1) is 12.7 Å². The summed E-state index contributed by atoms with van der Waals surface area (Å²) in [5.74, 6) is 0.849. The second kappa shape index (κ2) is 7.54. The quantitative estimate of drug-likeness (QED) is 0.737. The van der Waals surface area contributed by atoms with Gasteiger partial charge >= 0.3 is 0 Å². The second-order valence-corrected chi connectivity index (χ2v) is 4.57. The van der Waals surface area contributed by atoms with Gasteiger partial charge in [0.2, 0.25) is 0 Å². The highest BCUT2D eigenvalue weighted by atomic mass is 35.5. The molecule has 0 saturated carbocycles. The molecule has 0 heterocycles. The number of hydrogen-bond acceptors (Lipinski definition) is 3. The first-order chi connectivity index (χ1) is 8.09. The Balaban J connectivity index is 2.16. The van der Waals surface area contributed by atoms with E-state index in [0.717, 1.165) is 29.3 Å². The molecular weight excluding hydrogens is 238 g/mol. The van der Waals surface area contributed by atoms with E-state index in [4.69, 9.17) is 21.4 Å². The molecule has 96 valence electrons. The Morgan fingerprint density at radius 1 is 1.47 bits per heavy atom. The number of benzene rings is 1. The minimum Gasteiger partial charge on any atom is -0.494 e. The molecule has 0 fully saturated rings. The Morgan fingerprint density at radius 2 is 2.24 bits per heavy atom. The van der Waals surface area contributed by atoms with Gasteiger partial charge in [0, 0.05) is 11.6 Å². The Bertz CT molecular complexity index is 342. The van der Waals surface area contributed by atoms with Gasteiger partial charge in [-0.2, -0.15) is 0 Å². The molecule has 0 aliphatic heterocycles. The summed E-state index contributed by atoms with van der Waals surface area (Å²) in [6.45, 7) is 5.85. The molecule has 0 spiro atoms. The highest BCUT2D eigenvalue weighted by molar-refractivity contribution is 6.31. The van der Waals surface area contributed by atoms with E-state index in [1.165, 1.54) is 0 Å². The first-order valence-electron chi connectivity index (χ1n) is 5.87. The molecule has 0 aliphatic rings. The standard InChI is InChI=1S/C13H20ClNO2/c1-10-8-12(4-5-13(10)14)17-7-3-6-15-9-11(2)16/h4-5,8,11,15-16H,3,6-7,9H2,1-2H3/t11-/m0/s1. The van der Waals surface area contributed by atoms with Crippen molar-refractivity contribution in [3.8, 4) is 5.75 Å². The SMILES string of the molecule is Cc1cc(OCCCNC[C@H](C)O)ccc1Cl. The zero-order chi connectivity index (χ0) is 12.7. The average molecular weight is 258 g/mol. The minimum absolute atomic E-state index is 0.296. The topological polar surface area (TPSA) is 41.5 Å². The first-order valence-corrected chi connectivity index (χ1v) is 6.25. The van der Waals surface area contributed by atoms with Crippen LogP contribution in [0.5, 0.6) is 5.75 Å². The van der Waals surface area contributed by atoms with Crippen LogP contribution < -0.4 is 10.1 Å². The van der Waals surface area contributed by atoms with Gasteiger partial charge in [-0.25, -0.2) is 0 Å². The maximum absolute atomic E-state index is 9.04. The maximum Gasteiger partial charge on any atom is 0.119 e. The van der Waals surface area contributed by atoms with Crippen molar-refractivity contribution in [3.05, 3.63) is 28.8 Å². The predicted octanol–water partition coefficient (Wildman–Crippen LogP) is 2.39. The van der Waals surface area contributed by atoms with E-state index in [-0.39, 0.29) is 6.10 Å². The lowest BCUT2D eigenvalue weighted by atomic mass is 10.2. The number of nitrogens with one attached hydrogen (secondary N) is 1. The Morgan fingerprint density at radius 3 is 2.88 bits per heavy atom. The Hall–Kier alpha value is -0.770. The van der Waals surface area contributed by atoms with Crippen molar-refractivity contribution in [3.63, 3.8) is 0 Å². The fraction of sp³-hybridized carbons (Fsp3) is 0.538. The number of halogens is 1. The van der Waals surface area contributed by atoms with Crippen molar-refractivity contribution in [2.75, 3.05) is 19.7 Å². The second-order valence-electron chi connectivity index (χ2n) is 4.17. The van der Waals surface area contributed by atoms with Gasteiger partial charge in [0.1, 0.15) is 5.75 Å². The van der Waals surface area contributed by atoms with Crippen LogP contribution in [-0.4, -0.2) is 30.9 Å². The van der Waals surface area contributed by atoms with Crippen molar-refractivity contribution in [1.29, 1.82) is 0 Å². The van der Waals surface area contributed by atoms with Gasteiger partial charge in [0.15, 0.2) is 0 Å². The molecule has 2 N–H and O–H groups in total. The van der Waals surface area contributed by atoms with Crippen LogP contribution in [0.2, 0.25) is 5.02 Å². The number of aryl methyl sites for hydroxylation is 1. The van der Waals surface area contributed by atoms with Crippen LogP contribution in [0.15, 0.2) is 18.2 Å². The summed E-state index contributed by atoms with van der Waals surface area (Å²) in [6, 6.07) is 5.65. The van der Waals surface area contributed by atoms with Gasteiger partial charge in [-0.15, -0.1) is 0 Å². The number of aliphatic hydroxyl groups excluding tert-OH is 1. The largest absolute Gasteiger partial charge is 0.494 e. The van der Waals surface area contributed by atoms with Gasteiger partial charge in [-0.1, -0.05) is 11.6 Å². The lowest BCUT2D eigenvalue weighted by molar-refractivity contribution is 0.190. The van der Waals surface area contributed by atoms with E-state index in [2.05, 4.69) is 5.32 Å². The van der Waals surface area contributed by atoms with Crippen LogP contribution in [-0.2, 0) is 0 Å². The van der Waals surface area contributed by atoms with Crippen molar-refractivity contribution in [1.82, 2.24) is 5.32 Å². The molecule has 0 aliphatic carbocycles. The average Bonchev–Trinajstić information content (AvgIpc) is 2.27. The summed E-state index contributed by atoms with van der Waals surface area (Å²) in [5.41, 5.74) is 1.02. The van der Waals surface area contributed by atoms with E-state index in [1.807, 2.05) is 25.1 Å². The highest BCUT2D eigenvalue weighted by Gasteiger charge is 1.98. The van der Waals surface area contributed by atoms with Gasteiger partial charge in [-0.3, -0.25) is 0 Å². The van der Waals surface area contributed by atoms with Crippen molar-refractivity contribution in [2.24, 2.45) is 0 Å². The third kappa shape index (κ3) is 5.91. The smallest absolute Gasteiger partial charge is 0.119 e. The summed E-state index contributed by atoms with van der Waals surface area (Å²) in [6.07, 6.45) is 0.615. The van der Waals surface area contributed by atoms with Crippen LogP contribution in [0.3, 0.4) is 0 Å². The monoisotopic (exact) mass is 257 g/mol. The molecular formula is C13H20ClNO2. The van der Waals surface area contributed by atoms with Gasteiger partial charge in [0.25, 0.3) is 0 Å². The number of hydrogen-bond donors (Lipinski definition) is 2. The van der Waals surface area contributed by atoms with Crippen molar-refractivity contribution < 1.29 is 9.84 Å². The fourth-order valence-corrected chi connectivity index (χ4v) is 1.52. The fourth-order valence-electron chi connectivity index (χ4n) is 1.41. The maximum atomic E-state index is 9.04. The molecule has 0 aromatic heterocycles. The van der Waals surface area contributed by atoms with Crippen molar-refractivity contribution in [2.45, 2.75) is 26.4 Å². The van der Waals surface area contributed by atoms with Crippen LogP contribution in [0.1, 0.15) is 18.9 Å².